The van der Waals surface area contributed by atoms with Crippen molar-refractivity contribution in [2.24, 2.45) is 0 Å². The normalized spacial score (nSPS) is 11.9. The maximum atomic E-state index is 10.6. The van der Waals surface area contributed by atoms with E-state index in [9.17, 15) is 9.59 Å². The number of aliphatic hydroxyl groups is 1. The van der Waals surface area contributed by atoms with Gasteiger partial charge in [-0.3, -0.25) is 9.59 Å². The predicted molar refractivity (Wildman–Crippen MR) is 36.7 cm³/mol. The molecule has 0 saturated heterocycles. The molecule has 0 rings (SSSR count). The van der Waals surface area contributed by atoms with E-state index in [2.05, 4.69) is 10.1 Å². The highest BCUT2D eigenvalue weighted by molar-refractivity contribution is 5.84. The van der Waals surface area contributed by atoms with Crippen molar-refractivity contribution in [1.82, 2.24) is 5.32 Å². The van der Waals surface area contributed by atoms with Gasteiger partial charge in [-0.25, -0.2) is 0 Å². The van der Waals surface area contributed by atoms with E-state index in [0.29, 0.717) is 0 Å². The van der Waals surface area contributed by atoms with E-state index in [4.69, 9.17) is 5.11 Å². The van der Waals surface area contributed by atoms with Gasteiger partial charge < -0.3 is 15.2 Å². The van der Waals surface area contributed by atoms with Crippen LogP contribution in [0.15, 0.2) is 0 Å². The molecule has 0 radical (unpaired) electrons. The van der Waals surface area contributed by atoms with Crippen LogP contribution in [0.25, 0.3) is 0 Å². The molecule has 5 heteroatoms. The molecule has 0 aromatic rings. The first kappa shape index (κ1) is 9.90. The quantitative estimate of drug-likeness (QED) is 0.502. The number of hydrogen-bond acceptors (Lipinski definition) is 4. The Morgan fingerprint density at radius 2 is 2.18 bits per heavy atom. The van der Waals surface area contributed by atoms with Crippen molar-refractivity contribution in [3.05, 3.63) is 0 Å². The maximum absolute atomic E-state index is 10.6. The van der Waals surface area contributed by atoms with Gasteiger partial charge in [0.15, 0.2) is 0 Å². The molecular weight excluding hydrogens is 150 g/mol. The lowest BCUT2D eigenvalue weighted by Gasteiger charge is -2.04. The number of carbonyl (C=O) groups excluding carboxylic acids is 2. The van der Waals surface area contributed by atoms with E-state index in [1.54, 1.807) is 0 Å². The molecule has 0 saturated carbocycles. The van der Waals surface area contributed by atoms with E-state index >= 15 is 0 Å². The van der Waals surface area contributed by atoms with Gasteiger partial charge in [-0.1, -0.05) is 0 Å². The lowest BCUT2D eigenvalue weighted by molar-refractivity contribution is -0.142. The molecule has 0 fully saturated rings. The minimum Gasteiger partial charge on any atom is -0.468 e. The Bertz CT molecular complexity index is 155. The van der Waals surface area contributed by atoms with Crippen molar-refractivity contribution in [3.63, 3.8) is 0 Å². The smallest absolute Gasteiger partial charge is 0.325 e. The Morgan fingerprint density at radius 3 is 2.55 bits per heavy atom. The fourth-order valence-electron chi connectivity index (χ4n) is 0.379. The Balaban J connectivity index is 3.54. The van der Waals surface area contributed by atoms with Crippen molar-refractivity contribution >= 4 is 11.9 Å². The second-order valence-corrected chi connectivity index (χ2v) is 1.97. The molecule has 0 bridgehead atoms. The number of esters is 1. The van der Waals surface area contributed by atoms with Crippen LogP contribution in [-0.4, -0.2) is 36.7 Å². The van der Waals surface area contributed by atoms with Gasteiger partial charge in [0.05, 0.1) is 7.11 Å². The third-order valence-electron chi connectivity index (χ3n) is 1.01. The lowest BCUT2D eigenvalue weighted by Crippen LogP contribution is -2.36. The van der Waals surface area contributed by atoms with Gasteiger partial charge in [0.1, 0.15) is 12.6 Å². The molecule has 2 N–H and O–H groups in total. The molecule has 0 aliphatic rings. The van der Waals surface area contributed by atoms with Gasteiger partial charge in [0.25, 0.3) is 0 Å². The molecule has 5 nitrogen and oxygen atoms in total. The summed E-state index contributed by atoms with van der Waals surface area (Å²) < 4.78 is 4.25. The van der Waals surface area contributed by atoms with E-state index in [1.807, 2.05) is 0 Å². The van der Waals surface area contributed by atoms with Crippen LogP contribution in [0.5, 0.6) is 0 Å². The Kier molecular flexibility index (Phi) is 4.21. The fraction of sp³-hybridized carbons (Fsp3) is 0.667. The molecule has 1 atom stereocenters. The molecule has 1 amide bonds. The highest BCUT2D eigenvalue weighted by Gasteiger charge is 2.09. The van der Waals surface area contributed by atoms with Crippen LogP contribution in [0.1, 0.15) is 6.92 Å². The average Bonchev–Trinajstić information content (AvgIpc) is 1.99. The minimum absolute atomic E-state index is 0.208. The van der Waals surface area contributed by atoms with E-state index < -0.39 is 18.0 Å². The summed E-state index contributed by atoms with van der Waals surface area (Å²) in [7, 11) is 1.22. The first-order valence-corrected chi connectivity index (χ1v) is 3.10. The standard InChI is InChI=1S/C6H11NO4/c1-4(8)6(10)7-3-5(9)11-2/h4,8H,3H2,1-2H3,(H,7,10)/t4-/m0/s1. The number of carbonyl (C=O) groups is 2. The van der Waals surface area contributed by atoms with Crippen molar-refractivity contribution < 1.29 is 19.4 Å². The summed E-state index contributed by atoms with van der Waals surface area (Å²) in [6, 6.07) is 0. The van der Waals surface area contributed by atoms with Crippen LogP contribution in [0, 0.1) is 0 Å². The molecule has 0 aromatic heterocycles. The number of ether oxygens (including phenoxy) is 1. The molecule has 64 valence electrons. The first-order valence-electron chi connectivity index (χ1n) is 3.10. The summed E-state index contributed by atoms with van der Waals surface area (Å²) in [5.41, 5.74) is 0. The zero-order valence-electron chi connectivity index (χ0n) is 6.46. The third kappa shape index (κ3) is 4.32. The van der Waals surface area contributed by atoms with E-state index in [1.165, 1.54) is 14.0 Å². The molecule has 0 aliphatic heterocycles. The van der Waals surface area contributed by atoms with Gasteiger partial charge in [0, 0.05) is 0 Å². The zero-order chi connectivity index (χ0) is 8.85. The maximum Gasteiger partial charge on any atom is 0.325 e. The van der Waals surface area contributed by atoms with Crippen molar-refractivity contribution in [2.75, 3.05) is 13.7 Å². The van der Waals surface area contributed by atoms with Crippen LogP contribution in [0.2, 0.25) is 0 Å². The van der Waals surface area contributed by atoms with Gasteiger partial charge in [0.2, 0.25) is 5.91 Å². The molecular formula is C6H11NO4. The highest BCUT2D eigenvalue weighted by Crippen LogP contribution is 1.78. The number of rotatable bonds is 3. The summed E-state index contributed by atoms with van der Waals surface area (Å²) in [4.78, 5) is 21.0. The Morgan fingerprint density at radius 1 is 1.64 bits per heavy atom. The second kappa shape index (κ2) is 4.68. The van der Waals surface area contributed by atoms with Crippen LogP contribution in [0.3, 0.4) is 0 Å². The average molecular weight is 161 g/mol. The second-order valence-electron chi connectivity index (χ2n) is 1.97. The summed E-state index contributed by atoms with van der Waals surface area (Å²) in [5.74, 6) is -1.13. The number of amides is 1. The largest absolute Gasteiger partial charge is 0.468 e. The van der Waals surface area contributed by atoms with Crippen LogP contribution in [0.4, 0.5) is 0 Å². The van der Waals surface area contributed by atoms with Crippen molar-refractivity contribution in [3.8, 4) is 0 Å². The summed E-state index contributed by atoms with van der Waals surface area (Å²) in [6.45, 7) is 1.10. The SMILES string of the molecule is COC(=O)CNC(=O)[C@H](C)O. The third-order valence-corrected chi connectivity index (χ3v) is 1.01. The van der Waals surface area contributed by atoms with Crippen LogP contribution < -0.4 is 5.32 Å². The highest BCUT2D eigenvalue weighted by atomic mass is 16.5. The van der Waals surface area contributed by atoms with Crippen LogP contribution in [-0.2, 0) is 14.3 Å². The van der Waals surface area contributed by atoms with E-state index in [-0.39, 0.29) is 6.54 Å². The molecule has 0 unspecified atom stereocenters. The minimum atomic E-state index is -1.10. The molecule has 0 aromatic carbocycles. The van der Waals surface area contributed by atoms with Gasteiger partial charge in [-0.2, -0.15) is 0 Å². The Hall–Kier alpha value is -1.10. The van der Waals surface area contributed by atoms with Gasteiger partial charge in [-0.05, 0) is 6.92 Å². The van der Waals surface area contributed by atoms with Gasteiger partial charge in [-0.15, -0.1) is 0 Å². The topological polar surface area (TPSA) is 75.6 Å². The lowest BCUT2D eigenvalue weighted by atomic mass is 10.4. The Labute approximate surface area is 64.3 Å². The fourth-order valence-corrected chi connectivity index (χ4v) is 0.379. The number of nitrogens with one attached hydrogen (secondary N) is 1. The number of methoxy groups -OCH3 is 1. The van der Waals surface area contributed by atoms with Crippen molar-refractivity contribution in [2.45, 2.75) is 13.0 Å². The molecule has 11 heavy (non-hydrogen) atoms. The monoisotopic (exact) mass is 161 g/mol. The summed E-state index contributed by atoms with van der Waals surface area (Å²) >= 11 is 0. The van der Waals surface area contributed by atoms with E-state index in [0.717, 1.165) is 0 Å². The van der Waals surface area contributed by atoms with Gasteiger partial charge >= 0.3 is 5.97 Å². The van der Waals surface area contributed by atoms with Crippen molar-refractivity contribution in [1.29, 1.82) is 0 Å². The number of hydrogen-bond donors (Lipinski definition) is 2. The molecule has 0 aliphatic carbocycles. The predicted octanol–water partition coefficient (Wildman–Crippen LogP) is -1.34. The summed E-state index contributed by atoms with van der Waals surface area (Å²) in [5, 5.41) is 10.8. The van der Waals surface area contributed by atoms with Crippen LogP contribution >= 0.6 is 0 Å². The first-order chi connectivity index (χ1) is 5.07. The molecule has 0 spiro atoms. The summed E-state index contributed by atoms with van der Waals surface area (Å²) in [6.07, 6.45) is -1.10. The number of aliphatic hydroxyl groups excluding tert-OH is 1. The molecule has 0 heterocycles. The zero-order valence-corrected chi connectivity index (χ0v) is 6.46.